The van der Waals surface area contributed by atoms with Gasteiger partial charge >= 0.3 is 6.03 Å². The van der Waals surface area contributed by atoms with E-state index in [1.165, 1.54) is 0 Å². The van der Waals surface area contributed by atoms with E-state index in [4.69, 9.17) is 0 Å². The number of nitrogens with one attached hydrogen (secondary N) is 3. The average Bonchev–Trinajstić information content (AvgIpc) is 2.99. The zero-order chi connectivity index (χ0) is 21.7. The van der Waals surface area contributed by atoms with Crippen molar-refractivity contribution in [1.29, 1.82) is 0 Å². The van der Waals surface area contributed by atoms with Gasteiger partial charge in [0.25, 0.3) is 5.91 Å². The fraction of sp³-hybridized carbons (Fsp3) is 0.273. The quantitative estimate of drug-likeness (QED) is 0.597. The van der Waals surface area contributed by atoms with Gasteiger partial charge in [0, 0.05) is 6.04 Å². The molecule has 3 N–H and O–H groups in total. The van der Waals surface area contributed by atoms with Gasteiger partial charge in [-0.1, -0.05) is 60.7 Å². The van der Waals surface area contributed by atoms with E-state index in [0.717, 1.165) is 4.90 Å². The molecule has 2 aromatic rings. The van der Waals surface area contributed by atoms with Gasteiger partial charge in [0.05, 0.1) is 6.54 Å². The van der Waals surface area contributed by atoms with Gasteiger partial charge in [0.15, 0.2) is 5.54 Å². The van der Waals surface area contributed by atoms with Crippen molar-refractivity contribution in [1.82, 2.24) is 20.9 Å². The second kappa shape index (κ2) is 8.77. The Morgan fingerprint density at radius 3 is 1.97 bits per heavy atom. The first-order valence-corrected chi connectivity index (χ1v) is 9.66. The summed E-state index contributed by atoms with van der Waals surface area (Å²) in [5.74, 6) is -1.50. The summed E-state index contributed by atoms with van der Waals surface area (Å²) in [7, 11) is 0. The fourth-order valence-corrected chi connectivity index (χ4v) is 3.41. The van der Waals surface area contributed by atoms with E-state index in [9.17, 15) is 19.2 Å². The molecule has 8 nitrogen and oxygen atoms in total. The zero-order valence-electron chi connectivity index (χ0n) is 16.8. The monoisotopic (exact) mass is 408 g/mol. The van der Waals surface area contributed by atoms with Crippen LogP contribution in [0.1, 0.15) is 25.0 Å². The largest absolute Gasteiger partial charge is 0.352 e. The first-order chi connectivity index (χ1) is 14.3. The van der Waals surface area contributed by atoms with Gasteiger partial charge in [-0.2, -0.15) is 0 Å². The van der Waals surface area contributed by atoms with E-state index in [1.54, 1.807) is 62.4 Å². The van der Waals surface area contributed by atoms with Crippen LogP contribution in [0.2, 0.25) is 0 Å². The van der Waals surface area contributed by atoms with Crippen LogP contribution in [0, 0.1) is 0 Å². The molecule has 0 radical (unpaired) electrons. The van der Waals surface area contributed by atoms with Crippen molar-refractivity contribution in [2.75, 3.05) is 13.1 Å². The lowest BCUT2D eigenvalue weighted by Crippen LogP contribution is -2.47. The van der Waals surface area contributed by atoms with Crippen molar-refractivity contribution in [3.63, 3.8) is 0 Å². The molecular weight excluding hydrogens is 384 g/mol. The lowest BCUT2D eigenvalue weighted by molar-refractivity contribution is -0.134. The van der Waals surface area contributed by atoms with E-state index in [1.807, 2.05) is 12.1 Å². The van der Waals surface area contributed by atoms with Crippen LogP contribution in [-0.2, 0) is 19.9 Å². The molecule has 0 unspecified atom stereocenters. The first-order valence-electron chi connectivity index (χ1n) is 9.66. The highest BCUT2D eigenvalue weighted by atomic mass is 16.2. The summed E-state index contributed by atoms with van der Waals surface area (Å²) >= 11 is 0. The van der Waals surface area contributed by atoms with Crippen LogP contribution in [-0.4, -0.2) is 47.8 Å². The highest BCUT2D eigenvalue weighted by Crippen LogP contribution is 2.35. The molecule has 0 aromatic heterocycles. The summed E-state index contributed by atoms with van der Waals surface area (Å²) in [6.45, 7) is 2.89. The number of urea groups is 1. The molecule has 3 rings (SSSR count). The van der Waals surface area contributed by atoms with E-state index in [2.05, 4.69) is 16.0 Å². The maximum absolute atomic E-state index is 13.4. The molecular formula is C22H24N4O4. The molecule has 156 valence electrons. The molecule has 0 aliphatic carbocycles. The third-order valence-electron chi connectivity index (χ3n) is 4.72. The Kier molecular flexibility index (Phi) is 6.15. The molecule has 0 bridgehead atoms. The first kappa shape index (κ1) is 21.0. The van der Waals surface area contributed by atoms with Gasteiger partial charge in [-0.15, -0.1) is 0 Å². The van der Waals surface area contributed by atoms with Gasteiger partial charge in [0.2, 0.25) is 11.8 Å². The second-order valence-corrected chi connectivity index (χ2v) is 7.30. The average molecular weight is 408 g/mol. The summed E-state index contributed by atoms with van der Waals surface area (Å²) in [5.41, 5.74) is -0.239. The molecule has 1 saturated heterocycles. The van der Waals surface area contributed by atoms with Crippen LogP contribution in [0.5, 0.6) is 0 Å². The van der Waals surface area contributed by atoms with Gasteiger partial charge in [0.1, 0.15) is 6.54 Å². The van der Waals surface area contributed by atoms with E-state index < -0.39 is 29.9 Å². The summed E-state index contributed by atoms with van der Waals surface area (Å²) < 4.78 is 0. The molecule has 0 spiro atoms. The normalized spacial score (nSPS) is 15.1. The number of carbonyl (C=O) groups excluding carboxylic acids is 4. The van der Waals surface area contributed by atoms with Crippen molar-refractivity contribution in [2.24, 2.45) is 0 Å². The number of nitrogens with zero attached hydrogens (tertiary/aromatic N) is 1. The molecule has 8 heteroatoms. The SMILES string of the molecule is CC(C)NC(=O)CNC(=O)CN1C(=O)NC(c2ccccc2)(c2ccccc2)C1=O. The van der Waals surface area contributed by atoms with Gasteiger partial charge in [-0.25, -0.2) is 4.79 Å². The fourth-order valence-electron chi connectivity index (χ4n) is 3.41. The maximum atomic E-state index is 13.4. The Morgan fingerprint density at radius 2 is 1.47 bits per heavy atom. The minimum absolute atomic E-state index is 0.0577. The predicted octanol–water partition coefficient (Wildman–Crippen LogP) is 1.12. The lowest BCUT2D eigenvalue weighted by Gasteiger charge is -2.28. The topological polar surface area (TPSA) is 108 Å². The van der Waals surface area contributed by atoms with Crippen molar-refractivity contribution < 1.29 is 19.2 Å². The zero-order valence-corrected chi connectivity index (χ0v) is 16.8. The molecule has 2 aromatic carbocycles. The highest BCUT2D eigenvalue weighted by Gasteiger charge is 2.54. The summed E-state index contributed by atoms with van der Waals surface area (Å²) in [6.07, 6.45) is 0. The minimum Gasteiger partial charge on any atom is -0.352 e. The highest BCUT2D eigenvalue weighted by molar-refractivity contribution is 6.11. The van der Waals surface area contributed by atoms with Crippen molar-refractivity contribution in [3.05, 3.63) is 71.8 Å². The molecule has 30 heavy (non-hydrogen) atoms. The van der Waals surface area contributed by atoms with Gasteiger partial charge < -0.3 is 16.0 Å². The number of hydrogen-bond acceptors (Lipinski definition) is 4. The van der Waals surface area contributed by atoms with E-state index in [-0.39, 0.29) is 18.5 Å². The summed E-state index contributed by atoms with van der Waals surface area (Å²) in [4.78, 5) is 51.0. The number of benzene rings is 2. The number of amides is 5. The minimum atomic E-state index is -1.42. The van der Waals surface area contributed by atoms with Crippen LogP contribution >= 0.6 is 0 Å². The number of rotatable bonds is 7. The molecule has 1 fully saturated rings. The smallest absolute Gasteiger partial charge is 0.326 e. The molecule has 1 heterocycles. The Hall–Kier alpha value is -3.68. The van der Waals surface area contributed by atoms with Crippen molar-refractivity contribution in [2.45, 2.75) is 25.4 Å². The summed E-state index contributed by atoms with van der Waals surface area (Å²) in [6, 6.07) is 17.0. The molecule has 0 saturated carbocycles. The molecule has 1 aliphatic rings. The van der Waals surface area contributed by atoms with E-state index in [0.29, 0.717) is 11.1 Å². The van der Waals surface area contributed by atoms with Crippen LogP contribution < -0.4 is 16.0 Å². The summed E-state index contributed by atoms with van der Waals surface area (Å²) in [5, 5.41) is 7.86. The van der Waals surface area contributed by atoms with Crippen LogP contribution in [0.15, 0.2) is 60.7 Å². The number of carbonyl (C=O) groups is 4. The van der Waals surface area contributed by atoms with Crippen molar-refractivity contribution >= 4 is 23.8 Å². The number of imide groups is 1. The molecule has 5 amide bonds. The molecule has 1 aliphatic heterocycles. The van der Waals surface area contributed by atoms with E-state index >= 15 is 0 Å². The van der Waals surface area contributed by atoms with Crippen molar-refractivity contribution in [3.8, 4) is 0 Å². The second-order valence-electron chi connectivity index (χ2n) is 7.30. The van der Waals surface area contributed by atoms with Crippen LogP contribution in [0.4, 0.5) is 4.79 Å². The third-order valence-corrected chi connectivity index (χ3v) is 4.72. The van der Waals surface area contributed by atoms with Gasteiger partial charge in [-0.3, -0.25) is 19.3 Å². The molecule has 0 atom stereocenters. The number of hydrogen-bond donors (Lipinski definition) is 3. The maximum Gasteiger partial charge on any atom is 0.326 e. The lowest BCUT2D eigenvalue weighted by atomic mass is 9.82. The van der Waals surface area contributed by atoms with Crippen LogP contribution in [0.25, 0.3) is 0 Å². The standard InChI is InChI=1S/C22H24N4O4/c1-15(2)24-18(27)13-23-19(28)14-26-20(29)22(25-21(26)30,16-9-5-3-6-10-16)17-11-7-4-8-12-17/h3-12,15H,13-14H2,1-2H3,(H,23,28)(H,24,27)(H,25,30). The van der Waals surface area contributed by atoms with Crippen LogP contribution in [0.3, 0.4) is 0 Å². The van der Waals surface area contributed by atoms with Gasteiger partial charge in [-0.05, 0) is 25.0 Å². The Bertz CT molecular complexity index is 905. The Morgan fingerprint density at radius 1 is 0.933 bits per heavy atom. The third kappa shape index (κ3) is 4.17. The Balaban J connectivity index is 1.82. The Labute approximate surface area is 174 Å². The predicted molar refractivity (Wildman–Crippen MR) is 110 cm³/mol.